The summed E-state index contributed by atoms with van der Waals surface area (Å²) in [7, 11) is 0. The molecule has 0 aromatic heterocycles. The highest BCUT2D eigenvalue weighted by Gasteiger charge is 2.14. The minimum absolute atomic E-state index is 0.0611. The number of carbonyl (C=O) groups is 1. The molecule has 0 bridgehead atoms. The van der Waals surface area contributed by atoms with E-state index in [1.807, 2.05) is 62.4 Å². The van der Waals surface area contributed by atoms with Gasteiger partial charge in [0.2, 0.25) is 5.91 Å². The van der Waals surface area contributed by atoms with Crippen LogP contribution in [-0.4, -0.2) is 12.5 Å². The number of hydrogen-bond donors (Lipinski definition) is 1. The average molecular weight is 283 g/mol. The molecule has 0 heterocycles. The summed E-state index contributed by atoms with van der Waals surface area (Å²) in [6.45, 7) is 5.99. The van der Waals surface area contributed by atoms with Crippen molar-refractivity contribution in [1.29, 1.82) is 0 Å². The van der Waals surface area contributed by atoms with Crippen LogP contribution in [0.5, 0.6) is 5.75 Å². The first-order valence-corrected chi connectivity index (χ1v) is 7.09. The molecule has 2 aromatic rings. The molecule has 0 saturated heterocycles. The molecular formula is C18H21NO2. The van der Waals surface area contributed by atoms with Crippen LogP contribution in [0.15, 0.2) is 48.5 Å². The first kappa shape index (κ1) is 15.1. The van der Waals surface area contributed by atoms with Crippen molar-refractivity contribution in [2.24, 2.45) is 0 Å². The number of benzene rings is 2. The van der Waals surface area contributed by atoms with E-state index in [1.165, 1.54) is 6.92 Å². The Balaban J connectivity index is 2.15. The van der Waals surface area contributed by atoms with E-state index in [0.717, 1.165) is 22.4 Å². The quantitative estimate of drug-likeness (QED) is 0.911. The largest absolute Gasteiger partial charge is 0.491 e. The number of para-hydroxylation sites is 1. The maximum absolute atomic E-state index is 11.4. The van der Waals surface area contributed by atoms with Gasteiger partial charge in [-0.2, -0.15) is 0 Å². The van der Waals surface area contributed by atoms with Crippen molar-refractivity contribution in [3.05, 3.63) is 65.2 Å². The minimum Gasteiger partial charge on any atom is -0.491 e. The highest BCUT2D eigenvalue weighted by atomic mass is 16.5. The lowest BCUT2D eigenvalue weighted by Crippen LogP contribution is -2.30. The van der Waals surface area contributed by atoms with E-state index in [0.29, 0.717) is 6.61 Å². The minimum atomic E-state index is -0.150. The zero-order chi connectivity index (χ0) is 15.2. The van der Waals surface area contributed by atoms with Gasteiger partial charge in [0.05, 0.1) is 6.04 Å². The maximum atomic E-state index is 11.4. The maximum Gasteiger partial charge on any atom is 0.217 e. The third kappa shape index (κ3) is 4.09. The Morgan fingerprint density at radius 3 is 2.24 bits per heavy atom. The molecule has 1 atom stereocenters. The van der Waals surface area contributed by atoms with Gasteiger partial charge in [0.1, 0.15) is 12.4 Å². The standard InChI is InChI=1S/C18H21NO2/c1-13-8-7-9-14(2)18(13)21-12-17(19-15(3)20)16-10-5-4-6-11-16/h4-11,17H,12H2,1-3H3,(H,19,20). The van der Waals surface area contributed by atoms with Crippen molar-refractivity contribution in [2.75, 3.05) is 6.61 Å². The van der Waals surface area contributed by atoms with Gasteiger partial charge >= 0.3 is 0 Å². The van der Waals surface area contributed by atoms with Crippen molar-refractivity contribution in [3.8, 4) is 5.75 Å². The summed E-state index contributed by atoms with van der Waals surface area (Å²) in [6, 6.07) is 15.8. The SMILES string of the molecule is CC(=O)NC(COc1c(C)cccc1C)c1ccccc1. The summed E-state index contributed by atoms with van der Waals surface area (Å²) >= 11 is 0. The fraction of sp³-hybridized carbons (Fsp3) is 0.278. The van der Waals surface area contributed by atoms with Crippen molar-refractivity contribution < 1.29 is 9.53 Å². The number of aryl methyl sites for hydroxylation is 2. The van der Waals surface area contributed by atoms with E-state index in [1.54, 1.807) is 0 Å². The number of ether oxygens (including phenoxy) is 1. The summed E-state index contributed by atoms with van der Waals surface area (Å²) in [5.41, 5.74) is 3.24. The molecule has 0 radical (unpaired) electrons. The van der Waals surface area contributed by atoms with E-state index < -0.39 is 0 Å². The summed E-state index contributed by atoms with van der Waals surface area (Å²) in [5, 5.41) is 2.94. The first-order chi connectivity index (χ1) is 10.1. The van der Waals surface area contributed by atoms with Gasteiger partial charge in [0, 0.05) is 6.92 Å². The van der Waals surface area contributed by atoms with E-state index in [-0.39, 0.29) is 11.9 Å². The molecule has 2 aromatic carbocycles. The summed E-state index contributed by atoms with van der Waals surface area (Å²) in [6.07, 6.45) is 0. The fourth-order valence-electron chi connectivity index (χ4n) is 2.35. The Labute approximate surface area is 126 Å². The number of hydrogen-bond acceptors (Lipinski definition) is 2. The van der Waals surface area contributed by atoms with Crippen LogP contribution in [0.4, 0.5) is 0 Å². The molecule has 2 rings (SSSR count). The third-order valence-corrected chi connectivity index (χ3v) is 3.38. The van der Waals surface area contributed by atoms with Crippen LogP contribution in [0, 0.1) is 13.8 Å². The van der Waals surface area contributed by atoms with Crippen molar-refractivity contribution in [1.82, 2.24) is 5.32 Å². The number of rotatable bonds is 5. The van der Waals surface area contributed by atoms with Crippen LogP contribution in [0.3, 0.4) is 0 Å². The molecule has 0 aliphatic rings. The number of nitrogens with one attached hydrogen (secondary N) is 1. The van der Waals surface area contributed by atoms with Crippen molar-refractivity contribution in [2.45, 2.75) is 26.8 Å². The van der Waals surface area contributed by atoms with Crippen LogP contribution in [0.25, 0.3) is 0 Å². The molecule has 0 saturated carbocycles. The van der Waals surface area contributed by atoms with Crippen LogP contribution in [-0.2, 0) is 4.79 Å². The van der Waals surface area contributed by atoms with Gasteiger partial charge in [0.25, 0.3) is 0 Å². The van der Waals surface area contributed by atoms with Gasteiger partial charge in [-0.15, -0.1) is 0 Å². The van der Waals surface area contributed by atoms with Gasteiger partial charge in [-0.05, 0) is 30.5 Å². The lowest BCUT2D eigenvalue weighted by Gasteiger charge is -2.20. The predicted octanol–water partition coefficient (Wildman–Crippen LogP) is 3.56. The topological polar surface area (TPSA) is 38.3 Å². The van der Waals surface area contributed by atoms with Gasteiger partial charge in [-0.1, -0.05) is 48.5 Å². The van der Waals surface area contributed by atoms with E-state index in [4.69, 9.17) is 4.74 Å². The normalized spacial score (nSPS) is 11.8. The molecule has 1 amide bonds. The third-order valence-electron chi connectivity index (χ3n) is 3.38. The Hall–Kier alpha value is -2.29. The van der Waals surface area contributed by atoms with Gasteiger partial charge in [0.15, 0.2) is 0 Å². The molecule has 1 N–H and O–H groups in total. The second-order valence-corrected chi connectivity index (χ2v) is 5.20. The van der Waals surface area contributed by atoms with Crippen LogP contribution in [0.2, 0.25) is 0 Å². The molecule has 0 aliphatic heterocycles. The summed E-state index contributed by atoms with van der Waals surface area (Å²) in [5.74, 6) is 0.831. The fourth-order valence-corrected chi connectivity index (χ4v) is 2.35. The van der Waals surface area contributed by atoms with Crippen molar-refractivity contribution in [3.63, 3.8) is 0 Å². The van der Waals surface area contributed by atoms with Crippen LogP contribution >= 0.6 is 0 Å². The average Bonchev–Trinajstić information content (AvgIpc) is 2.46. The van der Waals surface area contributed by atoms with E-state index in [9.17, 15) is 4.79 Å². The Bertz CT molecular complexity index is 588. The second-order valence-electron chi connectivity index (χ2n) is 5.20. The summed E-state index contributed by atoms with van der Waals surface area (Å²) in [4.78, 5) is 11.4. The molecular weight excluding hydrogens is 262 g/mol. The molecule has 0 spiro atoms. The number of amides is 1. The second kappa shape index (κ2) is 6.93. The molecule has 0 aliphatic carbocycles. The Morgan fingerprint density at radius 1 is 1.05 bits per heavy atom. The van der Waals surface area contributed by atoms with E-state index in [2.05, 4.69) is 5.32 Å². The number of carbonyl (C=O) groups excluding carboxylic acids is 1. The van der Waals surface area contributed by atoms with Crippen LogP contribution in [0.1, 0.15) is 29.7 Å². The monoisotopic (exact) mass is 283 g/mol. The van der Waals surface area contributed by atoms with Crippen molar-refractivity contribution >= 4 is 5.91 Å². The predicted molar refractivity (Wildman–Crippen MR) is 84.4 cm³/mol. The molecule has 3 nitrogen and oxygen atoms in total. The summed E-state index contributed by atoms with van der Waals surface area (Å²) < 4.78 is 5.97. The molecule has 3 heteroatoms. The molecule has 21 heavy (non-hydrogen) atoms. The highest BCUT2D eigenvalue weighted by molar-refractivity contribution is 5.73. The van der Waals surface area contributed by atoms with E-state index >= 15 is 0 Å². The molecule has 110 valence electrons. The first-order valence-electron chi connectivity index (χ1n) is 7.09. The van der Waals surface area contributed by atoms with Gasteiger partial charge < -0.3 is 10.1 Å². The zero-order valence-corrected chi connectivity index (χ0v) is 12.7. The molecule has 1 unspecified atom stereocenters. The smallest absolute Gasteiger partial charge is 0.217 e. The van der Waals surface area contributed by atoms with Gasteiger partial charge in [-0.3, -0.25) is 4.79 Å². The molecule has 0 fully saturated rings. The zero-order valence-electron chi connectivity index (χ0n) is 12.7. The van der Waals surface area contributed by atoms with Crippen LogP contribution < -0.4 is 10.1 Å². The Morgan fingerprint density at radius 2 is 1.67 bits per heavy atom. The lowest BCUT2D eigenvalue weighted by atomic mass is 10.1. The highest BCUT2D eigenvalue weighted by Crippen LogP contribution is 2.24. The Kier molecular flexibility index (Phi) is 4.99. The lowest BCUT2D eigenvalue weighted by molar-refractivity contribution is -0.119. The van der Waals surface area contributed by atoms with Gasteiger partial charge in [-0.25, -0.2) is 0 Å².